The Kier molecular flexibility index (Phi) is 9.29. The molecular weight excluding hydrogens is 439 g/mol. The molecule has 0 aliphatic rings. The van der Waals surface area contributed by atoms with E-state index >= 15 is 0 Å². The maximum Gasteiger partial charge on any atom is 0.308 e. The molecule has 0 bridgehead atoms. The van der Waals surface area contributed by atoms with Crippen molar-refractivity contribution in [3.8, 4) is 0 Å². The Bertz CT molecular complexity index is 1060. The first-order valence-corrected chi connectivity index (χ1v) is 11.3. The Balaban J connectivity index is 2.30. The van der Waals surface area contributed by atoms with Crippen LogP contribution in [0.5, 0.6) is 0 Å². The molecule has 0 fully saturated rings. The zero-order valence-electron chi connectivity index (χ0n) is 20.3. The van der Waals surface area contributed by atoms with Crippen molar-refractivity contribution in [2.75, 3.05) is 6.67 Å². The fourth-order valence-corrected chi connectivity index (χ4v) is 3.65. The van der Waals surface area contributed by atoms with Crippen molar-refractivity contribution in [1.82, 2.24) is 9.88 Å². The molecule has 1 aromatic carbocycles. The molecule has 7 nitrogen and oxygen atoms in total. The van der Waals surface area contributed by atoms with Gasteiger partial charge in [-0.25, -0.2) is 4.39 Å². The molecule has 8 heteroatoms. The number of hydrogen-bond acceptors (Lipinski definition) is 5. The summed E-state index contributed by atoms with van der Waals surface area (Å²) in [5.74, 6) is -3.49. The van der Waals surface area contributed by atoms with E-state index in [1.165, 1.54) is 4.57 Å². The number of ether oxygens (including phenoxy) is 1. The molecule has 2 rings (SSSR count). The highest BCUT2D eigenvalue weighted by molar-refractivity contribution is 5.94. The van der Waals surface area contributed by atoms with Gasteiger partial charge in [0.1, 0.15) is 18.3 Å². The number of Topliss-reactive ketones (excluding diaryl/α,β-unsaturated/α-hetero) is 1. The fourth-order valence-electron chi connectivity index (χ4n) is 3.65. The van der Waals surface area contributed by atoms with Crippen molar-refractivity contribution >= 4 is 17.7 Å². The highest BCUT2D eigenvalue weighted by Crippen LogP contribution is 2.23. The largest absolute Gasteiger partial charge is 0.460 e. The third-order valence-electron chi connectivity index (χ3n) is 5.16. The van der Waals surface area contributed by atoms with E-state index in [1.54, 1.807) is 52.9 Å². The summed E-state index contributed by atoms with van der Waals surface area (Å²) in [4.78, 5) is 50.8. The van der Waals surface area contributed by atoms with Crippen molar-refractivity contribution in [2.45, 2.75) is 65.1 Å². The molecule has 0 radical (unpaired) electrons. The van der Waals surface area contributed by atoms with E-state index in [9.17, 15) is 23.6 Å². The lowest BCUT2D eigenvalue weighted by Crippen LogP contribution is -2.47. The molecule has 0 saturated heterocycles. The van der Waals surface area contributed by atoms with Gasteiger partial charge in [-0.3, -0.25) is 19.2 Å². The normalized spacial score (nSPS) is 13.3. The van der Waals surface area contributed by atoms with Crippen molar-refractivity contribution in [3.05, 3.63) is 70.1 Å². The van der Waals surface area contributed by atoms with Gasteiger partial charge < -0.3 is 14.6 Å². The fraction of sp³-hybridized carbons (Fsp3) is 0.462. The van der Waals surface area contributed by atoms with Crippen molar-refractivity contribution in [3.63, 3.8) is 0 Å². The molecule has 0 saturated carbocycles. The smallest absolute Gasteiger partial charge is 0.308 e. The Hall–Kier alpha value is -3.29. The second kappa shape index (κ2) is 11.7. The number of halogens is 1. The van der Waals surface area contributed by atoms with E-state index in [2.05, 4.69) is 5.32 Å². The number of ketones is 1. The summed E-state index contributed by atoms with van der Waals surface area (Å²) < 4.78 is 19.9. The van der Waals surface area contributed by atoms with E-state index in [0.717, 1.165) is 5.56 Å². The molecule has 184 valence electrons. The van der Waals surface area contributed by atoms with Gasteiger partial charge in [-0.1, -0.05) is 50.2 Å². The minimum absolute atomic E-state index is 0.259. The number of amides is 1. The lowest BCUT2D eigenvalue weighted by molar-refractivity contribution is -0.156. The van der Waals surface area contributed by atoms with E-state index in [4.69, 9.17) is 4.74 Å². The molecule has 2 atom stereocenters. The molecule has 2 unspecified atom stereocenters. The third kappa shape index (κ3) is 7.64. The zero-order chi connectivity index (χ0) is 25.5. The lowest BCUT2D eigenvalue weighted by Gasteiger charge is -2.25. The van der Waals surface area contributed by atoms with Gasteiger partial charge in [0.2, 0.25) is 5.91 Å². The molecular formula is C26H33FN2O5. The molecule has 1 heterocycles. The standard InChI is InChI=1S/C26H33FN2O5/c1-17(2)23(19-12-9-13-29(25(19)33)16-18-10-7-6-8-11-18)24(32)28-20(21(30)15-27)14-22(31)34-26(3,4)5/h6-13,17,20,23H,14-16H2,1-5H3,(H,28,32). The summed E-state index contributed by atoms with van der Waals surface area (Å²) >= 11 is 0. The van der Waals surface area contributed by atoms with Crippen molar-refractivity contribution < 1.29 is 23.5 Å². The van der Waals surface area contributed by atoms with Gasteiger partial charge in [-0.2, -0.15) is 0 Å². The van der Waals surface area contributed by atoms with Gasteiger partial charge in [0.25, 0.3) is 5.56 Å². The maximum atomic E-state index is 13.2. The molecule has 2 aromatic rings. The van der Waals surface area contributed by atoms with E-state index < -0.39 is 48.3 Å². The molecule has 1 amide bonds. The Morgan fingerprint density at radius 3 is 2.26 bits per heavy atom. The summed E-state index contributed by atoms with van der Waals surface area (Å²) in [6, 6.07) is 11.3. The van der Waals surface area contributed by atoms with Gasteiger partial charge in [0.05, 0.1) is 18.9 Å². The second-order valence-corrected chi connectivity index (χ2v) is 9.56. The van der Waals surface area contributed by atoms with Crippen molar-refractivity contribution in [2.24, 2.45) is 5.92 Å². The number of nitrogens with one attached hydrogen (secondary N) is 1. The molecule has 34 heavy (non-hydrogen) atoms. The van der Waals surface area contributed by atoms with Crippen LogP contribution in [-0.2, 0) is 25.7 Å². The van der Waals surface area contributed by atoms with Gasteiger partial charge in [-0.15, -0.1) is 0 Å². The summed E-state index contributed by atoms with van der Waals surface area (Å²) in [6.45, 7) is 7.55. The zero-order valence-corrected chi connectivity index (χ0v) is 20.3. The number of carbonyl (C=O) groups excluding carboxylic acids is 3. The van der Waals surface area contributed by atoms with Gasteiger partial charge in [-0.05, 0) is 38.3 Å². The Labute approximate surface area is 199 Å². The van der Waals surface area contributed by atoms with Gasteiger partial charge in [0.15, 0.2) is 5.78 Å². The quantitative estimate of drug-likeness (QED) is 0.535. The predicted molar refractivity (Wildman–Crippen MR) is 127 cm³/mol. The minimum Gasteiger partial charge on any atom is -0.460 e. The molecule has 1 N–H and O–H groups in total. The van der Waals surface area contributed by atoms with Crippen LogP contribution < -0.4 is 10.9 Å². The molecule has 1 aromatic heterocycles. The topological polar surface area (TPSA) is 94.5 Å². The van der Waals surface area contributed by atoms with Crippen LogP contribution in [0.4, 0.5) is 4.39 Å². The van der Waals surface area contributed by atoms with Crippen LogP contribution >= 0.6 is 0 Å². The minimum atomic E-state index is -1.39. The monoisotopic (exact) mass is 472 g/mol. The number of alkyl halides is 1. The molecule has 0 aliphatic heterocycles. The number of hydrogen-bond donors (Lipinski definition) is 1. The first-order chi connectivity index (χ1) is 15.9. The van der Waals surface area contributed by atoms with Crippen LogP contribution in [-0.4, -0.2) is 40.5 Å². The molecule has 0 aliphatic carbocycles. The lowest BCUT2D eigenvalue weighted by atomic mass is 9.87. The van der Waals surface area contributed by atoms with Crippen LogP contribution in [0.3, 0.4) is 0 Å². The highest BCUT2D eigenvalue weighted by Gasteiger charge is 2.32. The predicted octanol–water partition coefficient (Wildman–Crippen LogP) is 3.39. The van der Waals surface area contributed by atoms with Crippen LogP contribution in [0, 0.1) is 5.92 Å². The summed E-state index contributed by atoms with van der Waals surface area (Å²) in [6.07, 6.45) is 1.15. The number of rotatable bonds is 10. The van der Waals surface area contributed by atoms with E-state index in [-0.39, 0.29) is 17.0 Å². The van der Waals surface area contributed by atoms with Crippen LogP contribution in [0.25, 0.3) is 0 Å². The number of benzene rings is 1. The number of aromatic nitrogens is 1. The number of carbonyl (C=O) groups is 3. The number of esters is 1. The van der Waals surface area contributed by atoms with Crippen LogP contribution in [0.2, 0.25) is 0 Å². The Morgan fingerprint density at radius 2 is 1.71 bits per heavy atom. The highest BCUT2D eigenvalue weighted by atomic mass is 19.1. The van der Waals surface area contributed by atoms with E-state index in [0.29, 0.717) is 6.54 Å². The number of nitrogens with zero attached hydrogens (tertiary/aromatic N) is 1. The molecule has 0 spiro atoms. The van der Waals surface area contributed by atoms with Crippen LogP contribution in [0.15, 0.2) is 53.5 Å². The Morgan fingerprint density at radius 1 is 1.06 bits per heavy atom. The second-order valence-electron chi connectivity index (χ2n) is 9.56. The first-order valence-electron chi connectivity index (χ1n) is 11.3. The summed E-state index contributed by atoms with van der Waals surface area (Å²) in [7, 11) is 0. The maximum absolute atomic E-state index is 13.2. The van der Waals surface area contributed by atoms with Crippen molar-refractivity contribution in [1.29, 1.82) is 0 Å². The third-order valence-corrected chi connectivity index (χ3v) is 5.16. The first kappa shape index (κ1) is 27.0. The number of pyridine rings is 1. The summed E-state index contributed by atoms with van der Waals surface area (Å²) in [5, 5.41) is 2.48. The van der Waals surface area contributed by atoms with Crippen LogP contribution in [0.1, 0.15) is 58.1 Å². The average molecular weight is 473 g/mol. The van der Waals surface area contributed by atoms with Gasteiger partial charge >= 0.3 is 5.97 Å². The van der Waals surface area contributed by atoms with E-state index in [1.807, 2.05) is 30.3 Å². The SMILES string of the molecule is CC(C)C(C(=O)NC(CC(=O)OC(C)(C)C)C(=O)CF)c1cccn(Cc2ccccc2)c1=O. The summed E-state index contributed by atoms with van der Waals surface area (Å²) in [5.41, 5.74) is 0.0623. The van der Waals surface area contributed by atoms with Gasteiger partial charge in [0, 0.05) is 11.8 Å². The average Bonchev–Trinajstić information content (AvgIpc) is 2.74.